The quantitative estimate of drug-likeness (QED) is 0.263. The fourth-order valence-electron chi connectivity index (χ4n) is 4.36. The van der Waals surface area contributed by atoms with E-state index >= 15 is 0 Å². The van der Waals surface area contributed by atoms with Crippen LogP contribution in [0.4, 0.5) is 5.95 Å². The molecule has 0 aliphatic heterocycles. The van der Waals surface area contributed by atoms with E-state index in [0.29, 0.717) is 17.8 Å². The maximum atomic E-state index is 13.8. The van der Waals surface area contributed by atoms with Crippen molar-refractivity contribution in [2.75, 3.05) is 11.9 Å². The second-order valence-electron chi connectivity index (χ2n) is 8.95. The number of benzene rings is 1. The fraction of sp³-hybridized carbons (Fsp3) is 0.385. The zero-order valence-electron chi connectivity index (χ0n) is 21.6. The molecule has 0 saturated carbocycles. The lowest BCUT2D eigenvalue weighted by atomic mass is 10.2. The number of anilines is 1. The lowest BCUT2D eigenvalue weighted by Gasteiger charge is -2.13. The minimum absolute atomic E-state index is 0.0428. The number of carboxylic acids is 1. The van der Waals surface area contributed by atoms with Crippen LogP contribution in [0.15, 0.2) is 33.9 Å². The highest BCUT2D eigenvalue weighted by Crippen LogP contribution is 2.18. The third-order valence-electron chi connectivity index (χ3n) is 6.14. The maximum Gasteiger partial charge on any atom is 0.333 e. The molecule has 198 valence electrons. The summed E-state index contributed by atoms with van der Waals surface area (Å²) in [6.07, 6.45) is 1.68. The molecule has 0 saturated heterocycles. The van der Waals surface area contributed by atoms with Gasteiger partial charge in [0, 0.05) is 23.7 Å². The molecular formula is C26H30N8O4. The molecule has 1 unspecified atom stereocenters. The highest BCUT2D eigenvalue weighted by Gasteiger charge is 2.23. The number of hydrogen-bond acceptors (Lipinski definition) is 8. The summed E-state index contributed by atoms with van der Waals surface area (Å²) in [6.45, 7) is 5.07. The van der Waals surface area contributed by atoms with Gasteiger partial charge < -0.3 is 16.2 Å². The third kappa shape index (κ3) is 5.28. The van der Waals surface area contributed by atoms with E-state index in [1.165, 1.54) is 0 Å². The monoisotopic (exact) mass is 518 g/mol. The van der Waals surface area contributed by atoms with Crippen molar-refractivity contribution in [3.05, 3.63) is 56.6 Å². The number of aliphatic carboxylic acids is 1. The van der Waals surface area contributed by atoms with Gasteiger partial charge in [0.25, 0.3) is 5.56 Å². The zero-order chi connectivity index (χ0) is 27.4. The maximum absolute atomic E-state index is 13.8. The normalized spacial score (nSPS) is 11.9. The van der Waals surface area contributed by atoms with Crippen LogP contribution in [0.2, 0.25) is 0 Å². The van der Waals surface area contributed by atoms with Gasteiger partial charge in [-0.1, -0.05) is 37.5 Å². The molecule has 0 aliphatic carbocycles. The van der Waals surface area contributed by atoms with Gasteiger partial charge in [0.15, 0.2) is 11.2 Å². The largest absolute Gasteiger partial charge is 0.480 e. The molecule has 3 heterocycles. The standard InChI is InChI=1S/C26H30N8O4/c1-4-6-12-32-22-23(31-25(32)28-13-17(27)9-5-2)33(15-21(35)36)26(38)34(24(22)37)14-20-29-16(3)18-10-7-8-11-19(18)30-20/h7-8,10-11,17H,5,9,12-15,27H2,1-3H3,(H,28,31)(H,35,36). The number of para-hydroxylation sites is 1. The average Bonchev–Trinajstić information content (AvgIpc) is 3.25. The summed E-state index contributed by atoms with van der Waals surface area (Å²) in [5.41, 5.74) is 6.07. The van der Waals surface area contributed by atoms with E-state index in [4.69, 9.17) is 5.73 Å². The minimum atomic E-state index is -1.25. The van der Waals surface area contributed by atoms with Crippen molar-refractivity contribution in [2.24, 2.45) is 5.73 Å². The number of imidazole rings is 1. The first kappa shape index (κ1) is 26.6. The molecule has 12 heteroatoms. The van der Waals surface area contributed by atoms with Gasteiger partial charge in [-0.15, -0.1) is 5.92 Å². The van der Waals surface area contributed by atoms with Crippen LogP contribution in [0.5, 0.6) is 0 Å². The van der Waals surface area contributed by atoms with Crippen molar-refractivity contribution in [3.8, 4) is 11.8 Å². The molecule has 4 rings (SSSR count). The van der Waals surface area contributed by atoms with E-state index in [-0.39, 0.29) is 42.1 Å². The highest BCUT2D eigenvalue weighted by atomic mass is 16.4. The number of nitrogens with one attached hydrogen (secondary N) is 1. The second-order valence-corrected chi connectivity index (χ2v) is 8.95. The molecular weight excluding hydrogens is 488 g/mol. The molecule has 38 heavy (non-hydrogen) atoms. The first-order valence-electron chi connectivity index (χ1n) is 12.3. The van der Waals surface area contributed by atoms with Crippen LogP contribution in [-0.2, 0) is 24.4 Å². The van der Waals surface area contributed by atoms with Crippen molar-refractivity contribution in [1.29, 1.82) is 0 Å². The van der Waals surface area contributed by atoms with Gasteiger partial charge in [-0.3, -0.25) is 23.3 Å². The number of hydrogen-bond donors (Lipinski definition) is 3. The summed E-state index contributed by atoms with van der Waals surface area (Å²) in [5, 5.41) is 13.5. The second kappa shape index (κ2) is 11.3. The molecule has 0 fully saturated rings. The van der Waals surface area contributed by atoms with Gasteiger partial charge in [-0.05, 0) is 26.3 Å². The summed E-state index contributed by atoms with van der Waals surface area (Å²) in [6, 6.07) is 7.27. The van der Waals surface area contributed by atoms with Crippen LogP contribution in [0.25, 0.3) is 22.1 Å². The molecule has 0 spiro atoms. The molecule has 1 aromatic carbocycles. The Morgan fingerprint density at radius 1 is 1.16 bits per heavy atom. The number of fused-ring (bicyclic) bond motifs is 2. The van der Waals surface area contributed by atoms with Crippen LogP contribution in [0, 0.1) is 18.8 Å². The fourth-order valence-corrected chi connectivity index (χ4v) is 4.36. The Bertz CT molecular complexity index is 1690. The Morgan fingerprint density at radius 3 is 2.63 bits per heavy atom. The smallest absolute Gasteiger partial charge is 0.333 e. The van der Waals surface area contributed by atoms with Crippen molar-refractivity contribution in [2.45, 2.75) is 59.3 Å². The minimum Gasteiger partial charge on any atom is -0.480 e. The van der Waals surface area contributed by atoms with Gasteiger partial charge in [0.1, 0.15) is 12.4 Å². The van der Waals surface area contributed by atoms with E-state index in [9.17, 15) is 19.5 Å². The lowest BCUT2D eigenvalue weighted by Crippen LogP contribution is -2.42. The molecule has 0 amide bonds. The Kier molecular flexibility index (Phi) is 7.87. The van der Waals surface area contributed by atoms with E-state index in [2.05, 4.69) is 32.1 Å². The van der Waals surface area contributed by atoms with Crippen molar-refractivity contribution < 1.29 is 9.90 Å². The Labute approximate surface area is 218 Å². The molecule has 0 radical (unpaired) electrons. The molecule has 1 atom stereocenters. The summed E-state index contributed by atoms with van der Waals surface area (Å²) in [4.78, 5) is 52.4. The summed E-state index contributed by atoms with van der Waals surface area (Å²) < 4.78 is 3.46. The highest BCUT2D eigenvalue weighted by molar-refractivity contribution is 5.80. The first-order chi connectivity index (χ1) is 18.2. The van der Waals surface area contributed by atoms with Gasteiger partial charge in [-0.25, -0.2) is 14.8 Å². The number of rotatable bonds is 10. The zero-order valence-corrected chi connectivity index (χ0v) is 21.6. The Balaban J connectivity index is 1.92. The van der Waals surface area contributed by atoms with Crippen LogP contribution in [0.3, 0.4) is 0 Å². The Morgan fingerprint density at radius 2 is 1.92 bits per heavy atom. The van der Waals surface area contributed by atoms with Crippen LogP contribution in [-0.4, -0.2) is 52.3 Å². The van der Waals surface area contributed by atoms with Crippen LogP contribution in [0.1, 0.15) is 38.2 Å². The molecule has 3 aromatic heterocycles. The summed E-state index contributed by atoms with van der Waals surface area (Å²) >= 11 is 0. The number of carbonyl (C=O) groups is 1. The van der Waals surface area contributed by atoms with Crippen molar-refractivity contribution in [3.63, 3.8) is 0 Å². The van der Waals surface area contributed by atoms with Gasteiger partial charge in [0.2, 0.25) is 5.95 Å². The topological polar surface area (TPSA) is 163 Å². The van der Waals surface area contributed by atoms with Crippen molar-refractivity contribution in [1.82, 2.24) is 28.7 Å². The lowest BCUT2D eigenvalue weighted by molar-refractivity contribution is -0.137. The first-order valence-corrected chi connectivity index (χ1v) is 12.3. The number of nitrogens with zero attached hydrogens (tertiary/aromatic N) is 6. The summed E-state index contributed by atoms with van der Waals surface area (Å²) in [5.74, 6) is 5.00. The van der Waals surface area contributed by atoms with Crippen LogP contribution < -0.4 is 22.3 Å². The van der Waals surface area contributed by atoms with Gasteiger partial charge in [-0.2, -0.15) is 4.98 Å². The van der Waals surface area contributed by atoms with E-state index < -0.39 is 23.8 Å². The number of aryl methyl sites for hydroxylation is 1. The predicted octanol–water partition coefficient (Wildman–Crippen LogP) is 1.31. The van der Waals surface area contributed by atoms with E-state index in [1.54, 1.807) is 11.5 Å². The summed E-state index contributed by atoms with van der Waals surface area (Å²) in [7, 11) is 0. The SMILES string of the molecule is CC#CCn1c(NCC(N)CCC)nc2c1c(=O)n(Cc1nc(C)c3ccccc3n1)c(=O)n2CC(=O)O. The van der Waals surface area contributed by atoms with Crippen LogP contribution >= 0.6 is 0 Å². The van der Waals surface area contributed by atoms with Gasteiger partial charge >= 0.3 is 11.7 Å². The predicted molar refractivity (Wildman–Crippen MR) is 144 cm³/mol. The molecule has 4 N–H and O–H groups in total. The van der Waals surface area contributed by atoms with Gasteiger partial charge in [0.05, 0.1) is 18.6 Å². The van der Waals surface area contributed by atoms with Crippen molar-refractivity contribution >= 4 is 34.0 Å². The Hall–Kier alpha value is -4.50. The molecule has 12 nitrogen and oxygen atoms in total. The number of aromatic nitrogens is 6. The molecule has 4 aromatic rings. The third-order valence-corrected chi connectivity index (χ3v) is 6.14. The molecule has 0 aliphatic rings. The molecule has 0 bridgehead atoms. The number of carboxylic acid groups (broad SMARTS) is 1. The van der Waals surface area contributed by atoms with E-state index in [0.717, 1.165) is 27.4 Å². The van der Waals surface area contributed by atoms with E-state index in [1.807, 2.05) is 38.1 Å². The number of nitrogens with two attached hydrogens (primary N) is 1. The average molecular weight is 519 g/mol.